The molecule has 2 amide bonds. The van der Waals surface area contributed by atoms with E-state index in [9.17, 15) is 9.59 Å². The zero-order valence-electron chi connectivity index (χ0n) is 13.8. The number of carbonyl (C=O) groups excluding carboxylic acids is 2. The van der Waals surface area contributed by atoms with Crippen molar-refractivity contribution in [3.63, 3.8) is 0 Å². The van der Waals surface area contributed by atoms with Crippen LogP contribution in [0.4, 0.5) is 0 Å². The number of hydrogen-bond acceptors (Lipinski definition) is 4. The van der Waals surface area contributed by atoms with Gasteiger partial charge in [0, 0.05) is 42.6 Å². The zero-order valence-corrected chi connectivity index (χ0v) is 13.8. The van der Waals surface area contributed by atoms with E-state index in [2.05, 4.69) is 4.98 Å². The van der Waals surface area contributed by atoms with E-state index in [4.69, 9.17) is 9.84 Å². The average Bonchev–Trinajstić information content (AvgIpc) is 3.03. The van der Waals surface area contributed by atoms with Gasteiger partial charge in [0.2, 0.25) is 5.91 Å². The van der Waals surface area contributed by atoms with Crippen LogP contribution in [0.5, 0.6) is 5.75 Å². The molecule has 1 fully saturated rings. The summed E-state index contributed by atoms with van der Waals surface area (Å²) in [4.78, 5) is 30.9. The number of fused-ring (bicyclic) bond motifs is 1. The maximum atomic E-state index is 12.8. The van der Waals surface area contributed by atoms with E-state index in [0.29, 0.717) is 25.3 Å². The molecule has 128 valence electrons. The molecule has 1 aromatic carbocycles. The number of aliphatic hydroxyl groups excluding tert-OH is 1. The second-order valence-corrected chi connectivity index (χ2v) is 5.98. The molecule has 0 unspecified atom stereocenters. The lowest BCUT2D eigenvalue weighted by molar-refractivity contribution is -0.136. The molecule has 1 aromatic heterocycles. The van der Waals surface area contributed by atoms with Crippen LogP contribution in [-0.2, 0) is 4.79 Å². The van der Waals surface area contributed by atoms with E-state index in [1.54, 1.807) is 16.9 Å². The number of methoxy groups -OCH3 is 1. The lowest BCUT2D eigenvalue weighted by Crippen LogP contribution is -2.56. The number of H-pyrrole nitrogens is 1. The highest BCUT2D eigenvalue weighted by atomic mass is 16.5. The number of aromatic nitrogens is 1. The molecule has 7 nitrogen and oxygen atoms in total. The number of ether oxygens (including phenoxy) is 1. The van der Waals surface area contributed by atoms with Gasteiger partial charge in [0.25, 0.3) is 5.91 Å². The minimum absolute atomic E-state index is 0.0891. The number of amides is 2. The summed E-state index contributed by atoms with van der Waals surface area (Å²) in [6.07, 6.45) is 0. The van der Waals surface area contributed by atoms with Crippen molar-refractivity contribution in [1.29, 1.82) is 0 Å². The summed E-state index contributed by atoms with van der Waals surface area (Å²) < 4.78 is 5.20. The second-order valence-electron chi connectivity index (χ2n) is 5.98. The highest BCUT2D eigenvalue weighted by Crippen LogP contribution is 2.23. The van der Waals surface area contributed by atoms with Crippen LogP contribution in [-0.4, -0.2) is 71.1 Å². The Kier molecular flexibility index (Phi) is 4.44. The Labute approximate surface area is 139 Å². The third-order valence-corrected chi connectivity index (χ3v) is 4.44. The Bertz CT molecular complexity index is 770. The predicted octanol–water partition coefficient (Wildman–Crippen LogP) is 0.842. The predicted molar refractivity (Wildman–Crippen MR) is 89.0 cm³/mol. The van der Waals surface area contributed by atoms with E-state index < -0.39 is 6.61 Å². The summed E-state index contributed by atoms with van der Waals surface area (Å²) >= 11 is 0. The molecular formula is C17H21N3O4. The molecule has 0 radical (unpaired) electrons. The van der Waals surface area contributed by atoms with E-state index >= 15 is 0 Å². The first-order valence-electron chi connectivity index (χ1n) is 7.90. The van der Waals surface area contributed by atoms with Gasteiger partial charge >= 0.3 is 0 Å². The molecule has 0 aliphatic carbocycles. The third-order valence-electron chi connectivity index (χ3n) is 4.44. The first-order valence-corrected chi connectivity index (χ1v) is 7.90. The number of nitrogens with zero attached hydrogens (tertiary/aromatic N) is 2. The summed E-state index contributed by atoms with van der Waals surface area (Å²) in [5.41, 5.74) is 1.37. The van der Waals surface area contributed by atoms with Gasteiger partial charge in [-0.3, -0.25) is 9.59 Å². The molecule has 0 saturated carbocycles. The van der Waals surface area contributed by atoms with Crippen molar-refractivity contribution in [3.8, 4) is 5.75 Å². The van der Waals surface area contributed by atoms with Crippen LogP contribution >= 0.6 is 0 Å². The van der Waals surface area contributed by atoms with E-state index in [0.717, 1.165) is 16.7 Å². The fourth-order valence-corrected chi connectivity index (χ4v) is 3.09. The molecule has 3 rings (SSSR count). The van der Waals surface area contributed by atoms with Gasteiger partial charge in [-0.15, -0.1) is 0 Å². The minimum atomic E-state index is -0.496. The van der Waals surface area contributed by atoms with E-state index in [1.807, 2.05) is 31.2 Å². The first kappa shape index (κ1) is 16.3. The Morgan fingerprint density at radius 2 is 2.12 bits per heavy atom. The Morgan fingerprint density at radius 3 is 2.79 bits per heavy atom. The van der Waals surface area contributed by atoms with Crippen LogP contribution in [0.1, 0.15) is 17.4 Å². The van der Waals surface area contributed by atoms with Gasteiger partial charge < -0.3 is 24.6 Å². The van der Waals surface area contributed by atoms with Gasteiger partial charge in [0.1, 0.15) is 18.1 Å². The van der Waals surface area contributed by atoms with Gasteiger partial charge in [-0.1, -0.05) is 0 Å². The summed E-state index contributed by atoms with van der Waals surface area (Å²) in [6.45, 7) is 2.72. The van der Waals surface area contributed by atoms with E-state index in [1.165, 1.54) is 0 Å². The quantitative estimate of drug-likeness (QED) is 0.873. The number of aliphatic hydroxyl groups is 1. The number of carbonyl (C=O) groups is 2. The van der Waals surface area contributed by atoms with Crippen molar-refractivity contribution in [1.82, 2.24) is 14.8 Å². The molecule has 0 bridgehead atoms. The van der Waals surface area contributed by atoms with Gasteiger partial charge in [0.15, 0.2) is 0 Å². The fourth-order valence-electron chi connectivity index (χ4n) is 3.09. The second kappa shape index (κ2) is 6.52. The molecule has 2 N–H and O–H groups in total. The molecular weight excluding hydrogens is 310 g/mol. The number of aromatic amines is 1. The van der Waals surface area contributed by atoms with Gasteiger partial charge in [-0.25, -0.2) is 0 Å². The molecule has 2 heterocycles. The Morgan fingerprint density at radius 1 is 1.33 bits per heavy atom. The lowest BCUT2D eigenvalue weighted by atomic mass is 10.1. The number of nitrogens with one attached hydrogen (secondary N) is 1. The number of rotatable bonds is 3. The van der Waals surface area contributed by atoms with Crippen LogP contribution in [0, 0.1) is 0 Å². The van der Waals surface area contributed by atoms with Crippen LogP contribution in [0.25, 0.3) is 10.9 Å². The van der Waals surface area contributed by atoms with Crippen molar-refractivity contribution < 1.29 is 19.4 Å². The van der Waals surface area contributed by atoms with Gasteiger partial charge in [-0.2, -0.15) is 0 Å². The fraction of sp³-hybridized carbons (Fsp3) is 0.412. The van der Waals surface area contributed by atoms with Gasteiger partial charge in [-0.05, 0) is 25.1 Å². The maximum absolute atomic E-state index is 12.8. The highest BCUT2D eigenvalue weighted by molar-refractivity contribution is 5.98. The number of hydrogen-bond donors (Lipinski definition) is 2. The van der Waals surface area contributed by atoms with Crippen molar-refractivity contribution >= 4 is 22.7 Å². The largest absolute Gasteiger partial charge is 0.497 e. The average molecular weight is 331 g/mol. The van der Waals surface area contributed by atoms with Crippen molar-refractivity contribution in [2.75, 3.05) is 33.4 Å². The van der Waals surface area contributed by atoms with Crippen LogP contribution < -0.4 is 4.74 Å². The third kappa shape index (κ3) is 2.94. The summed E-state index contributed by atoms with van der Waals surface area (Å²) in [6, 6.07) is 7.33. The minimum Gasteiger partial charge on any atom is -0.497 e. The highest BCUT2D eigenvalue weighted by Gasteiger charge is 2.30. The Hall–Kier alpha value is -2.54. The summed E-state index contributed by atoms with van der Waals surface area (Å²) in [5, 5.41) is 9.91. The molecule has 1 aliphatic rings. The SMILES string of the molecule is COc1ccc2cc(C(=O)N3CCN(C(=O)CO)C[C@@H]3C)[nH]c2c1. The first-order chi connectivity index (χ1) is 11.5. The van der Waals surface area contributed by atoms with Crippen LogP contribution in [0.3, 0.4) is 0 Å². The van der Waals surface area contributed by atoms with Gasteiger partial charge in [0.05, 0.1) is 7.11 Å². The molecule has 1 aliphatic heterocycles. The number of benzene rings is 1. The lowest BCUT2D eigenvalue weighted by Gasteiger charge is -2.39. The zero-order chi connectivity index (χ0) is 17.3. The topological polar surface area (TPSA) is 85.9 Å². The maximum Gasteiger partial charge on any atom is 0.270 e. The molecule has 1 saturated heterocycles. The van der Waals surface area contributed by atoms with Crippen LogP contribution in [0.2, 0.25) is 0 Å². The molecule has 0 spiro atoms. The molecule has 2 aromatic rings. The summed E-state index contributed by atoms with van der Waals surface area (Å²) in [5.74, 6) is 0.341. The van der Waals surface area contributed by atoms with Crippen LogP contribution in [0.15, 0.2) is 24.3 Å². The Balaban J connectivity index is 1.78. The standard InChI is InChI=1S/C17H21N3O4/c1-11-9-19(16(22)10-21)5-6-20(11)17(23)15-7-12-3-4-13(24-2)8-14(12)18-15/h3-4,7-8,11,18,21H,5-6,9-10H2,1-2H3/t11-/m0/s1. The monoisotopic (exact) mass is 331 g/mol. The normalized spacial score (nSPS) is 18.0. The van der Waals surface area contributed by atoms with Crippen molar-refractivity contribution in [3.05, 3.63) is 30.0 Å². The van der Waals surface area contributed by atoms with Crippen molar-refractivity contribution in [2.45, 2.75) is 13.0 Å². The molecule has 1 atom stereocenters. The smallest absolute Gasteiger partial charge is 0.270 e. The molecule has 7 heteroatoms. The molecule has 24 heavy (non-hydrogen) atoms. The van der Waals surface area contributed by atoms with E-state index in [-0.39, 0.29) is 17.9 Å². The van der Waals surface area contributed by atoms with Crippen molar-refractivity contribution in [2.24, 2.45) is 0 Å². The number of piperazine rings is 1. The summed E-state index contributed by atoms with van der Waals surface area (Å²) in [7, 11) is 1.60.